The lowest BCUT2D eigenvalue weighted by Crippen LogP contribution is -2.30. The summed E-state index contributed by atoms with van der Waals surface area (Å²) in [4.78, 5) is 0. The van der Waals surface area contributed by atoms with Gasteiger partial charge in [-0.25, -0.2) is 0 Å². The van der Waals surface area contributed by atoms with Crippen LogP contribution in [0.4, 0.5) is 0 Å². The third-order valence-corrected chi connectivity index (χ3v) is 3.77. The summed E-state index contributed by atoms with van der Waals surface area (Å²) in [6, 6.07) is 0.774. The highest BCUT2D eigenvalue weighted by molar-refractivity contribution is 4.82. The molecule has 1 N–H and O–H groups in total. The maximum Gasteiger partial charge on any atom is 0.00389 e. The van der Waals surface area contributed by atoms with Gasteiger partial charge in [0, 0.05) is 6.04 Å². The van der Waals surface area contributed by atoms with Crippen molar-refractivity contribution in [2.45, 2.75) is 51.5 Å². The van der Waals surface area contributed by atoms with Gasteiger partial charge in [-0.15, -0.1) is 0 Å². The quantitative estimate of drug-likeness (QED) is 0.584. The summed E-state index contributed by atoms with van der Waals surface area (Å²) in [6.07, 6.45) is 8.87. The predicted molar refractivity (Wildman–Crippen MR) is 52.1 cm³/mol. The summed E-state index contributed by atoms with van der Waals surface area (Å²) < 4.78 is 0. The van der Waals surface area contributed by atoms with Crippen LogP contribution in [0, 0.1) is 11.8 Å². The summed E-state index contributed by atoms with van der Waals surface area (Å²) in [5.74, 6) is 2.08. The van der Waals surface area contributed by atoms with Crippen molar-refractivity contribution >= 4 is 0 Å². The van der Waals surface area contributed by atoms with E-state index in [1.165, 1.54) is 45.1 Å². The van der Waals surface area contributed by atoms with E-state index in [0.717, 1.165) is 17.9 Å². The standard InChI is InChI=1S/C11H21N/c1-9-6-7-10-4-2-3-5-11(10)8-12-9/h9-12H,2-8H2,1H3. The molecule has 70 valence electrons. The Hall–Kier alpha value is -0.0400. The molecule has 1 heteroatoms. The van der Waals surface area contributed by atoms with Gasteiger partial charge in [0.2, 0.25) is 0 Å². The lowest BCUT2D eigenvalue weighted by molar-refractivity contribution is 0.235. The average molecular weight is 167 g/mol. The molecule has 3 unspecified atom stereocenters. The van der Waals surface area contributed by atoms with Crippen LogP contribution in [-0.2, 0) is 0 Å². The molecule has 2 fully saturated rings. The number of rotatable bonds is 0. The molecule has 2 rings (SSSR count). The maximum atomic E-state index is 3.64. The van der Waals surface area contributed by atoms with Crippen LogP contribution >= 0.6 is 0 Å². The molecule has 2 aliphatic rings. The molecule has 1 aliphatic heterocycles. The minimum Gasteiger partial charge on any atom is -0.314 e. The highest BCUT2D eigenvalue weighted by atomic mass is 14.9. The van der Waals surface area contributed by atoms with Crippen molar-refractivity contribution in [3.8, 4) is 0 Å². The lowest BCUT2D eigenvalue weighted by Gasteiger charge is -2.29. The van der Waals surface area contributed by atoms with Gasteiger partial charge in [0.15, 0.2) is 0 Å². The first-order valence-electron chi connectivity index (χ1n) is 5.59. The van der Waals surface area contributed by atoms with Crippen LogP contribution in [0.5, 0.6) is 0 Å². The molecule has 1 saturated heterocycles. The van der Waals surface area contributed by atoms with E-state index >= 15 is 0 Å². The van der Waals surface area contributed by atoms with E-state index in [9.17, 15) is 0 Å². The molecular formula is C11H21N. The van der Waals surface area contributed by atoms with Crippen LogP contribution in [-0.4, -0.2) is 12.6 Å². The Morgan fingerprint density at radius 2 is 1.67 bits per heavy atom. The summed E-state index contributed by atoms with van der Waals surface area (Å²) in [6.45, 7) is 3.63. The smallest absolute Gasteiger partial charge is 0.00389 e. The van der Waals surface area contributed by atoms with Crippen molar-refractivity contribution in [3.63, 3.8) is 0 Å². The van der Waals surface area contributed by atoms with E-state index in [0.29, 0.717) is 0 Å². The first-order chi connectivity index (χ1) is 5.86. The first-order valence-corrected chi connectivity index (χ1v) is 5.59. The molecule has 1 heterocycles. The largest absolute Gasteiger partial charge is 0.314 e. The Labute approximate surface area is 75.9 Å². The molecule has 0 bridgehead atoms. The van der Waals surface area contributed by atoms with E-state index in [2.05, 4.69) is 12.2 Å². The molecule has 12 heavy (non-hydrogen) atoms. The Morgan fingerprint density at radius 1 is 0.917 bits per heavy atom. The molecule has 0 radical (unpaired) electrons. The molecule has 0 spiro atoms. The molecule has 3 atom stereocenters. The van der Waals surface area contributed by atoms with E-state index in [-0.39, 0.29) is 0 Å². The second kappa shape index (κ2) is 3.78. The van der Waals surface area contributed by atoms with Crippen LogP contribution < -0.4 is 5.32 Å². The van der Waals surface area contributed by atoms with E-state index in [1.807, 2.05) is 0 Å². The Balaban J connectivity index is 1.94. The third kappa shape index (κ3) is 1.82. The Morgan fingerprint density at radius 3 is 2.50 bits per heavy atom. The SMILES string of the molecule is CC1CCC2CCCCC2CN1. The maximum absolute atomic E-state index is 3.64. The number of nitrogens with one attached hydrogen (secondary N) is 1. The van der Waals surface area contributed by atoms with Gasteiger partial charge in [0.25, 0.3) is 0 Å². The highest BCUT2D eigenvalue weighted by Crippen LogP contribution is 2.34. The minimum atomic E-state index is 0.774. The van der Waals surface area contributed by atoms with Crippen LogP contribution in [0.1, 0.15) is 45.4 Å². The normalized spacial score (nSPS) is 43.2. The predicted octanol–water partition coefficient (Wildman–Crippen LogP) is 2.56. The van der Waals surface area contributed by atoms with Gasteiger partial charge in [-0.1, -0.05) is 19.3 Å². The lowest BCUT2D eigenvalue weighted by atomic mass is 9.77. The van der Waals surface area contributed by atoms with Crippen molar-refractivity contribution in [2.75, 3.05) is 6.54 Å². The van der Waals surface area contributed by atoms with Crippen molar-refractivity contribution in [2.24, 2.45) is 11.8 Å². The van der Waals surface area contributed by atoms with Gasteiger partial charge in [0.05, 0.1) is 0 Å². The summed E-state index contributed by atoms with van der Waals surface area (Å²) in [5.41, 5.74) is 0. The molecule has 1 saturated carbocycles. The zero-order valence-electron chi connectivity index (χ0n) is 8.18. The zero-order valence-corrected chi connectivity index (χ0v) is 8.18. The fraction of sp³-hybridized carbons (Fsp3) is 1.00. The van der Waals surface area contributed by atoms with Crippen molar-refractivity contribution in [1.82, 2.24) is 5.32 Å². The van der Waals surface area contributed by atoms with Gasteiger partial charge in [-0.05, 0) is 44.6 Å². The van der Waals surface area contributed by atoms with Crippen molar-refractivity contribution in [3.05, 3.63) is 0 Å². The number of fused-ring (bicyclic) bond motifs is 1. The van der Waals surface area contributed by atoms with E-state index in [4.69, 9.17) is 0 Å². The fourth-order valence-electron chi connectivity index (χ4n) is 2.85. The van der Waals surface area contributed by atoms with Crippen molar-refractivity contribution in [1.29, 1.82) is 0 Å². The molecule has 0 aromatic carbocycles. The van der Waals surface area contributed by atoms with Crippen LogP contribution in [0.25, 0.3) is 0 Å². The van der Waals surface area contributed by atoms with Crippen LogP contribution in [0.3, 0.4) is 0 Å². The number of hydrogen-bond donors (Lipinski definition) is 1. The summed E-state index contributed by atoms with van der Waals surface area (Å²) in [5, 5.41) is 3.64. The summed E-state index contributed by atoms with van der Waals surface area (Å²) in [7, 11) is 0. The fourth-order valence-corrected chi connectivity index (χ4v) is 2.85. The first kappa shape index (κ1) is 8.55. The Bertz CT molecular complexity index is 128. The summed E-state index contributed by atoms with van der Waals surface area (Å²) >= 11 is 0. The second-order valence-electron chi connectivity index (χ2n) is 4.69. The van der Waals surface area contributed by atoms with Gasteiger partial charge in [0.1, 0.15) is 0 Å². The number of hydrogen-bond acceptors (Lipinski definition) is 1. The van der Waals surface area contributed by atoms with E-state index in [1.54, 1.807) is 0 Å². The zero-order chi connectivity index (χ0) is 8.39. The van der Waals surface area contributed by atoms with Crippen LogP contribution in [0.15, 0.2) is 0 Å². The molecule has 0 amide bonds. The van der Waals surface area contributed by atoms with Gasteiger partial charge < -0.3 is 5.32 Å². The monoisotopic (exact) mass is 167 g/mol. The Kier molecular flexibility index (Phi) is 2.69. The van der Waals surface area contributed by atoms with Gasteiger partial charge in [-0.3, -0.25) is 0 Å². The van der Waals surface area contributed by atoms with Gasteiger partial charge >= 0.3 is 0 Å². The molecule has 0 aromatic heterocycles. The second-order valence-corrected chi connectivity index (χ2v) is 4.69. The minimum absolute atomic E-state index is 0.774. The molecule has 0 aromatic rings. The van der Waals surface area contributed by atoms with Crippen LogP contribution in [0.2, 0.25) is 0 Å². The van der Waals surface area contributed by atoms with Gasteiger partial charge in [-0.2, -0.15) is 0 Å². The highest BCUT2D eigenvalue weighted by Gasteiger charge is 2.27. The topological polar surface area (TPSA) is 12.0 Å². The third-order valence-electron chi connectivity index (χ3n) is 3.77. The molecule has 1 nitrogen and oxygen atoms in total. The average Bonchev–Trinajstić information content (AvgIpc) is 2.29. The molecular weight excluding hydrogens is 146 g/mol. The van der Waals surface area contributed by atoms with Crippen molar-refractivity contribution < 1.29 is 0 Å². The molecule has 1 aliphatic carbocycles. The van der Waals surface area contributed by atoms with E-state index < -0.39 is 0 Å².